The van der Waals surface area contributed by atoms with Crippen LogP contribution in [0.1, 0.15) is 21.6 Å². The fourth-order valence-corrected chi connectivity index (χ4v) is 5.02. The van der Waals surface area contributed by atoms with Crippen LogP contribution in [0.3, 0.4) is 0 Å². The molecule has 0 amide bonds. The molecule has 46 heavy (non-hydrogen) atoms. The highest BCUT2D eigenvalue weighted by Crippen LogP contribution is 2.35. The summed E-state index contributed by atoms with van der Waals surface area (Å²) in [4.78, 5) is 35.8. The monoisotopic (exact) mass is 637 g/mol. The van der Waals surface area contributed by atoms with Gasteiger partial charge in [0.15, 0.2) is 28.8 Å². The Bertz CT molecular complexity index is 2010. The lowest BCUT2D eigenvalue weighted by Gasteiger charge is -2.17. The van der Waals surface area contributed by atoms with Crippen LogP contribution in [0.15, 0.2) is 65.7 Å². The lowest BCUT2D eigenvalue weighted by Crippen LogP contribution is -2.26. The van der Waals surface area contributed by atoms with Crippen molar-refractivity contribution in [1.29, 1.82) is 0 Å². The fraction of sp³-hybridized carbons (Fsp3) is 0.212. The summed E-state index contributed by atoms with van der Waals surface area (Å²) in [6, 6.07) is 10.3. The van der Waals surface area contributed by atoms with Gasteiger partial charge >= 0.3 is 0 Å². The molecular weight excluding hydrogens is 610 g/mol. The van der Waals surface area contributed by atoms with Crippen LogP contribution < -0.4 is 24.4 Å². The van der Waals surface area contributed by atoms with Gasteiger partial charge in [-0.2, -0.15) is 0 Å². The normalized spacial score (nSPS) is 11.2. The molecule has 0 N–H and O–H groups in total. The molecule has 0 saturated heterocycles. The molecule has 3 aromatic heterocycles. The molecule has 5 rings (SSSR count). The zero-order valence-corrected chi connectivity index (χ0v) is 25.1. The second-order valence-electron chi connectivity index (χ2n) is 10.1. The average molecular weight is 638 g/mol. The Morgan fingerprint density at radius 3 is 2.33 bits per heavy atom. The Morgan fingerprint density at radius 1 is 0.891 bits per heavy atom. The minimum Gasteiger partial charge on any atom is -0.496 e. The predicted molar refractivity (Wildman–Crippen MR) is 161 cm³/mol. The number of ketones is 1. The largest absolute Gasteiger partial charge is 0.496 e. The predicted octanol–water partition coefficient (Wildman–Crippen LogP) is 6.55. The average Bonchev–Trinajstić information content (AvgIpc) is 3.03. The summed E-state index contributed by atoms with van der Waals surface area (Å²) in [5.41, 5.74) is -0.237. The molecule has 9 nitrogen and oxygen atoms in total. The lowest BCUT2D eigenvalue weighted by molar-refractivity contribution is 0.0986. The number of carbonyl (C=O) groups is 1. The molecule has 0 unspecified atom stereocenters. The SMILES string of the molecule is COc1cc(F)ccc1-c1cn(CC(F)F)c(C)c(C(=O)Cc2ccc(Oc3ccnc4cc(OC)c(OC)nc34)c(F)c2)c1=O. The first-order valence-electron chi connectivity index (χ1n) is 13.8. The van der Waals surface area contributed by atoms with Gasteiger partial charge in [0.25, 0.3) is 12.3 Å². The lowest BCUT2D eigenvalue weighted by atomic mass is 9.96. The first kappa shape index (κ1) is 31.9. The van der Waals surface area contributed by atoms with Gasteiger partial charge in [0, 0.05) is 53.8 Å². The molecule has 0 bridgehead atoms. The summed E-state index contributed by atoms with van der Waals surface area (Å²) >= 11 is 0. The van der Waals surface area contributed by atoms with Crippen LogP contribution in [-0.2, 0) is 13.0 Å². The summed E-state index contributed by atoms with van der Waals surface area (Å²) < 4.78 is 78.7. The van der Waals surface area contributed by atoms with Gasteiger partial charge in [-0.1, -0.05) is 6.07 Å². The number of pyridine rings is 3. The van der Waals surface area contributed by atoms with Crippen molar-refractivity contribution in [3.63, 3.8) is 0 Å². The fourth-order valence-electron chi connectivity index (χ4n) is 5.02. The molecule has 0 fully saturated rings. The first-order chi connectivity index (χ1) is 22.0. The van der Waals surface area contributed by atoms with E-state index in [2.05, 4.69) is 9.97 Å². The molecule has 2 aromatic carbocycles. The molecule has 0 saturated carbocycles. The number of alkyl halides is 2. The van der Waals surface area contributed by atoms with E-state index in [0.717, 1.165) is 22.8 Å². The van der Waals surface area contributed by atoms with Gasteiger partial charge in [0.05, 0.1) is 39.0 Å². The molecule has 0 aliphatic rings. The topological polar surface area (TPSA) is 102 Å². The third kappa shape index (κ3) is 6.34. The van der Waals surface area contributed by atoms with Gasteiger partial charge in [-0.05, 0) is 36.8 Å². The van der Waals surface area contributed by atoms with Crippen molar-refractivity contribution in [3.8, 4) is 40.0 Å². The summed E-state index contributed by atoms with van der Waals surface area (Å²) in [7, 11) is 4.13. The number of aromatic nitrogens is 3. The number of halogens is 4. The van der Waals surface area contributed by atoms with Crippen molar-refractivity contribution in [2.24, 2.45) is 0 Å². The number of rotatable bonds is 11. The highest BCUT2D eigenvalue weighted by Gasteiger charge is 2.24. The van der Waals surface area contributed by atoms with Crippen molar-refractivity contribution in [2.45, 2.75) is 26.3 Å². The van der Waals surface area contributed by atoms with E-state index in [0.29, 0.717) is 11.3 Å². The molecule has 13 heteroatoms. The minimum absolute atomic E-state index is 0.00433. The van der Waals surface area contributed by atoms with Gasteiger partial charge in [-0.15, -0.1) is 0 Å². The zero-order chi connectivity index (χ0) is 33.1. The Kier molecular flexibility index (Phi) is 9.21. The molecule has 238 valence electrons. The molecule has 0 atom stereocenters. The van der Waals surface area contributed by atoms with Gasteiger partial charge in [-0.25, -0.2) is 22.5 Å². The number of nitrogens with zero attached hydrogens (tertiary/aromatic N) is 3. The Labute approximate surface area is 260 Å². The number of hydrogen-bond donors (Lipinski definition) is 0. The van der Waals surface area contributed by atoms with Crippen LogP contribution in [0.2, 0.25) is 0 Å². The van der Waals surface area contributed by atoms with Gasteiger partial charge in [0.2, 0.25) is 5.43 Å². The second-order valence-corrected chi connectivity index (χ2v) is 10.1. The quantitative estimate of drug-likeness (QED) is 0.119. The van der Waals surface area contributed by atoms with Crippen molar-refractivity contribution in [1.82, 2.24) is 14.5 Å². The minimum atomic E-state index is -2.80. The molecule has 5 aromatic rings. The molecule has 0 spiro atoms. The number of benzene rings is 2. The van der Waals surface area contributed by atoms with Crippen LogP contribution in [-0.4, -0.2) is 48.1 Å². The number of ether oxygens (including phenoxy) is 4. The van der Waals surface area contributed by atoms with Gasteiger partial charge in [0.1, 0.15) is 17.1 Å². The van der Waals surface area contributed by atoms with Crippen LogP contribution >= 0.6 is 0 Å². The van der Waals surface area contributed by atoms with E-state index < -0.39 is 42.2 Å². The highest BCUT2D eigenvalue weighted by molar-refractivity contribution is 5.99. The standard InChI is InChI=1S/C33H27F4N3O6/c1-17-30(32(42)21(15-40(17)16-29(36)37)20-7-6-19(34)13-27(20)43-2)24(41)12-18-5-8-25(22(35)11-18)46-26-9-10-38-23-14-28(44-3)33(45-4)39-31(23)26/h5-11,13-15,29H,12,16H2,1-4H3. The number of Topliss-reactive ketones (excluding diaryl/α,β-unsaturated/α-hetero) is 1. The molecule has 3 heterocycles. The number of carbonyl (C=O) groups excluding carboxylic acids is 1. The Balaban J connectivity index is 1.48. The summed E-state index contributed by atoms with van der Waals surface area (Å²) in [6.07, 6.45) is -0.590. The van der Waals surface area contributed by atoms with Crippen molar-refractivity contribution < 1.29 is 41.3 Å². The maximum Gasteiger partial charge on any atom is 0.257 e. The van der Waals surface area contributed by atoms with Crippen LogP contribution in [0.25, 0.3) is 22.2 Å². The van der Waals surface area contributed by atoms with E-state index in [4.69, 9.17) is 18.9 Å². The Morgan fingerprint density at radius 2 is 1.65 bits per heavy atom. The zero-order valence-electron chi connectivity index (χ0n) is 25.1. The van der Waals surface area contributed by atoms with Crippen LogP contribution in [0.4, 0.5) is 17.6 Å². The summed E-state index contributed by atoms with van der Waals surface area (Å²) in [6.45, 7) is 0.568. The van der Waals surface area contributed by atoms with Crippen molar-refractivity contribution in [2.75, 3.05) is 21.3 Å². The number of fused-ring (bicyclic) bond motifs is 1. The summed E-state index contributed by atoms with van der Waals surface area (Å²) in [5, 5.41) is 0. The van der Waals surface area contributed by atoms with Gasteiger partial charge < -0.3 is 23.5 Å². The second kappa shape index (κ2) is 13.3. The molecule has 0 radical (unpaired) electrons. The first-order valence-corrected chi connectivity index (χ1v) is 13.8. The maximum atomic E-state index is 15.3. The summed E-state index contributed by atoms with van der Waals surface area (Å²) in [5.74, 6) is -1.68. The third-order valence-corrected chi connectivity index (χ3v) is 7.22. The van der Waals surface area contributed by atoms with E-state index in [1.54, 1.807) is 6.07 Å². The van der Waals surface area contributed by atoms with Crippen LogP contribution in [0.5, 0.6) is 28.9 Å². The number of methoxy groups -OCH3 is 3. The maximum absolute atomic E-state index is 15.3. The van der Waals surface area contributed by atoms with E-state index in [9.17, 15) is 22.8 Å². The van der Waals surface area contributed by atoms with E-state index >= 15 is 4.39 Å². The van der Waals surface area contributed by atoms with E-state index in [1.807, 2.05) is 0 Å². The third-order valence-electron chi connectivity index (χ3n) is 7.22. The van der Waals surface area contributed by atoms with Crippen molar-refractivity contribution in [3.05, 3.63) is 99.6 Å². The number of hydrogen-bond acceptors (Lipinski definition) is 8. The smallest absolute Gasteiger partial charge is 0.257 e. The van der Waals surface area contributed by atoms with Gasteiger partial charge in [-0.3, -0.25) is 14.6 Å². The highest BCUT2D eigenvalue weighted by atomic mass is 19.3. The van der Waals surface area contributed by atoms with E-state index in [-0.39, 0.29) is 56.6 Å². The van der Waals surface area contributed by atoms with E-state index in [1.165, 1.54) is 64.9 Å². The van der Waals surface area contributed by atoms with Crippen molar-refractivity contribution >= 4 is 16.8 Å². The molecule has 0 aliphatic carbocycles. The van der Waals surface area contributed by atoms with Crippen LogP contribution in [0, 0.1) is 18.6 Å². The molecular formula is C33H27F4N3O6. The Hall–Kier alpha value is -5.46. The molecule has 0 aliphatic heterocycles.